The molecule has 1 aliphatic heterocycles. The summed E-state index contributed by atoms with van der Waals surface area (Å²) >= 11 is 1.89. The van der Waals surface area contributed by atoms with Crippen molar-refractivity contribution in [2.24, 2.45) is 0 Å². The first-order valence-corrected chi connectivity index (χ1v) is 7.09. The number of halogens is 1. The highest BCUT2D eigenvalue weighted by Crippen LogP contribution is 2.20. The van der Waals surface area contributed by atoms with E-state index < -0.39 is 0 Å². The molecule has 17 heavy (non-hydrogen) atoms. The van der Waals surface area contributed by atoms with Gasteiger partial charge in [-0.3, -0.25) is 4.90 Å². The molecule has 4 heteroatoms. The van der Waals surface area contributed by atoms with Crippen LogP contribution >= 0.6 is 23.7 Å². The minimum Gasteiger partial charge on any atom is -0.317 e. The molecule has 1 aromatic heterocycles. The molecule has 1 aliphatic rings. The van der Waals surface area contributed by atoms with Crippen molar-refractivity contribution in [3.8, 4) is 0 Å². The number of aryl methyl sites for hydroxylation is 1. The van der Waals surface area contributed by atoms with Gasteiger partial charge in [0.1, 0.15) is 0 Å². The van der Waals surface area contributed by atoms with Gasteiger partial charge in [0.25, 0.3) is 0 Å². The first kappa shape index (κ1) is 15.0. The Morgan fingerprint density at radius 2 is 2.24 bits per heavy atom. The quantitative estimate of drug-likeness (QED) is 0.911. The Hall–Kier alpha value is -0.0900. The molecule has 2 nitrogen and oxygen atoms in total. The highest BCUT2D eigenvalue weighted by Gasteiger charge is 2.17. The molecule has 2 heterocycles. The maximum Gasteiger partial charge on any atom is 0.0330 e. The minimum absolute atomic E-state index is 0. The summed E-state index contributed by atoms with van der Waals surface area (Å²) in [4.78, 5) is 4.06. The Morgan fingerprint density at radius 1 is 1.41 bits per heavy atom. The molecule has 0 bridgehead atoms. The van der Waals surface area contributed by atoms with Crippen LogP contribution in [0.1, 0.15) is 29.7 Å². The van der Waals surface area contributed by atoms with Gasteiger partial charge in [0, 0.05) is 17.5 Å². The third-order valence-electron chi connectivity index (χ3n) is 3.53. The summed E-state index contributed by atoms with van der Waals surface area (Å²) in [6, 6.07) is 2.99. The van der Waals surface area contributed by atoms with Crippen LogP contribution in [0.4, 0.5) is 0 Å². The van der Waals surface area contributed by atoms with Gasteiger partial charge in [-0.1, -0.05) is 0 Å². The third kappa shape index (κ3) is 4.25. The van der Waals surface area contributed by atoms with Crippen molar-refractivity contribution in [2.45, 2.75) is 38.8 Å². The lowest BCUT2D eigenvalue weighted by Gasteiger charge is -2.26. The fourth-order valence-electron chi connectivity index (χ4n) is 2.36. The molecule has 0 saturated carbocycles. The maximum atomic E-state index is 3.48. The first-order chi connectivity index (χ1) is 7.77. The van der Waals surface area contributed by atoms with Crippen LogP contribution in [0.3, 0.4) is 0 Å². The van der Waals surface area contributed by atoms with E-state index in [1.165, 1.54) is 42.8 Å². The van der Waals surface area contributed by atoms with E-state index in [0.29, 0.717) is 0 Å². The van der Waals surface area contributed by atoms with Crippen molar-refractivity contribution in [3.05, 3.63) is 21.9 Å². The van der Waals surface area contributed by atoms with Crippen LogP contribution in [0.25, 0.3) is 0 Å². The molecule has 0 spiro atoms. The number of hydrogen-bond acceptors (Lipinski definition) is 3. The van der Waals surface area contributed by atoms with E-state index in [-0.39, 0.29) is 12.4 Å². The van der Waals surface area contributed by atoms with E-state index in [2.05, 4.69) is 35.6 Å². The molecule has 1 aromatic rings. The van der Waals surface area contributed by atoms with Crippen LogP contribution in [-0.2, 0) is 6.54 Å². The summed E-state index contributed by atoms with van der Waals surface area (Å²) in [6.07, 6.45) is 3.95. The third-order valence-corrected chi connectivity index (χ3v) is 4.54. The molecular weight excluding hydrogens is 252 g/mol. The molecule has 98 valence electrons. The summed E-state index contributed by atoms with van der Waals surface area (Å²) in [5.41, 5.74) is 1.45. The zero-order valence-corrected chi connectivity index (χ0v) is 12.4. The Morgan fingerprint density at radius 3 is 2.94 bits per heavy atom. The number of hydrogen-bond donors (Lipinski definition) is 1. The van der Waals surface area contributed by atoms with Gasteiger partial charge in [-0.2, -0.15) is 0 Å². The minimum atomic E-state index is 0. The fraction of sp³-hybridized carbons (Fsp3) is 0.692. The zero-order valence-electron chi connectivity index (χ0n) is 10.7. The van der Waals surface area contributed by atoms with E-state index >= 15 is 0 Å². The molecule has 0 aromatic carbocycles. The predicted octanol–water partition coefficient (Wildman–Crippen LogP) is 3.05. The van der Waals surface area contributed by atoms with Crippen molar-refractivity contribution >= 4 is 23.7 Å². The zero-order chi connectivity index (χ0) is 11.4. The van der Waals surface area contributed by atoms with Gasteiger partial charge in [0.15, 0.2) is 0 Å². The molecule has 1 atom stereocenters. The predicted molar refractivity (Wildman–Crippen MR) is 78.3 cm³/mol. The molecule has 1 fully saturated rings. The van der Waals surface area contributed by atoms with E-state index in [0.717, 1.165) is 12.6 Å². The maximum absolute atomic E-state index is 3.48. The average molecular weight is 275 g/mol. The lowest BCUT2D eigenvalue weighted by Crippen LogP contribution is -2.31. The average Bonchev–Trinajstić information content (AvgIpc) is 2.57. The number of nitrogens with zero attached hydrogens (tertiary/aromatic N) is 1. The van der Waals surface area contributed by atoms with Gasteiger partial charge in [-0.15, -0.1) is 23.7 Å². The molecular formula is C13H23ClN2S. The van der Waals surface area contributed by atoms with Gasteiger partial charge in [-0.05, 0) is 63.3 Å². The summed E-state index contributed by atoms with van der Waals surface area (Å²) in [6.45, 7) is 5.71. The fourth-order valence-corrected chi connectivity index (χ4v) is 3.33. The second kappa shape index (κ2) is 7.37. The van der Waals surface area contributed by atoms with Crippen LogP contribution in [0.2, 0.25) is 0 Å². The lowest BCUT2D eigenvalue weighted by atomic mass is 10.1. The van der Waals surface area contributed by atoms with E-state index in [1.807, 2.05) is 11.3 Å². The topological polar surface area (TPSA) is 15.3 Å². The van der Waals surface area contributed by atoms with Crippen molar-refractivity contribution in [3.63, 3.8) is 0 Å². The molecule has 1 N–H and O–H groups in total. The van der Waals surface area contributed by atoms with Crippen molar-refractivity contribution in [1.82, 2.24) is 10.2 Å². The number of thiophene rings is 1. The molecule has 0 radical (unpaired) electrons. The van der Waals surface area contributed by atoms with E-state index in [4.69, 9.17) is 0 Å². The Kier molecular flexibility index (Phi) is 6.49. The molecule has 0 aliphatic carbocycles. The van der Waals surface area contributed by atoms with Crippen molar-refractivity contribution < 1.29 is 0 Å². The first-order valence-electron chi connectivity index (χ1n) is 6.21. The SMILES string of the molecule is Cc1ccsc1CN(C)C1CCCNCC1.Cl. The number of nitrogens with one attached hydrogen (secondary N) is 1. The van der Waals surface area contributed by atoms with Crippen LogP contribution in [-0.4, -0.2) is 31.1 Å². The number of rotatable bonds is 3. The second-order valence-corrected chi connectivity index (χ2v) is 5.78. The highest BCUT2D eigenvalue weighted by atomic mass is 35.5. The highest BCUT2D eigenvalue weighted by molar-refractivity contribution is 7.10. The van der Waals surface area contributed by atoms with Gasteiger partial charge in [0.2, 0.25) is 0 Å². The van der Waals surface area contributed by atoms with Crippen molar-refractivity contribution in [2.75, 3.05) is 20.1 Å². The molecule has 0 amide bonds. The molecule has 2 rings (SSSR count). The Balaban J connectivity index is 0.00000144. The standard InChI is InChI=1S/C13H22N2S.ClH/c1-11-6-9-16-13(11)10-15(2)12-4-3-7-14-8-5-12;/h6,9,12,14H,3-5,7-8,10H2,1-2H3;1H. The van der Waals surface area contributed by atoms with Gasteiger partial charge >= 0.3 is 0 Å². The monoisotopic (exact) mass is 274 g/mol. The summed E-state index contributed by atoms with van der Waals surface area (Å²) in [7, 11) is 2.27. The van der Waals surface area contributed by atoms with Crippen molar-refractivity contribution in [1.29, 1.82) is 0 Å². The summed E-state index contributed by atoms with van der Waals surface area (Å²) in [5, 5.41) is 5.68. The van der Waals surface area contributed by atoms with E-state index in [1.54, 1.807) is 0 Å². The van der Waals surface area contributed by atoms with Gasteiger partial charge in [0.05, 0.1) is 0 Å². The largest absolute Gasteiger partial charge is 0.317 e. The second-order valence-electron chi connectivity index (χ2n) is 4.78. The van der Waals surface area contributed by atoms with Crippen LogP contribution in [0, 0.1) is 6.92 Å². The smallest absolute Gasteiger partial charge is 0.0330 e. The Labute approximate surface area is 115 Å². The lowest BCUT2D eigenvalue weighted by molar-refractivity contribution is 0.218. The summed E-state index contributed by atoms with van der Waals surface area (Å²) in [5.74, 6) is 0. The van der Waals surface area contributed by atoms with Crippen LogP contribution in [0.15, 0.2) is 11.4 Å². The molecule has 1 saturated heterocycles. The Bertz CT molecular complexity index is 319. The van der Waals surface area contributed by atoms with Crippen LogP contribution in [0.5, 0.6) is 0 Å². The summed E-state index contributed by atoms with van der Waals surface area (Å²) < 4.78 is 0. The molecule has 1 unspecified atom stereocenters. The normalized spacial score (nSPS) is 21.0. The van der Waals surface area contributed by atoms with Gasteiger partial charge < -0.3 is 5.32 Å². The van der Waals surface area contributed by atoms with E-state index in [9.17, 15) is 0 Å². The van der Waals surface area contributed by atoms with Crippen LogP contribution < -0.4 is 5.32 Å². The van der Waals surface area contributed by atoms with Gasteiger partial charge in [-0.25, -0.2) is 0 Å².